The quantitative estimate of drug-likeness (QED) is 0.389. The largest absolute Gasteiger partial charge is 0.480 e. The normalized spacial score (nSPS) is 17.7. The summed E-state index contributed by atoms with van der Waals surface area (Å²) >= 11 is 0. The summed E-state index contributed by atoms with van der Waals surface area (Å²) in [4.78, 5) is 21.4. The van der Waals surface area contributed by atoms with Crippen molar-refractivity contribution in [2.75, 3.05) is 0 Å². The number of carbonyl (C=O) groups excluding carboxylic acids is 1. The van der Waals surface area contributed by atoms with Gasteiger partial charge in [0.1, 0.15) is 11.8 Å². The maximum Gasteiger partial charge on any atom is 0.322 e. The first-order chi connectivity index (χ1) is 11.1. The molecule has 1 fully saturated rings. The average Bonchev–Trinajstić information content (AvgIpc) is 2.56. The topological polar surface area (TPSA) is 92.4 Å². The van der Waals surface area contributed by atoms with E-state index in [-0.39, 0.29) is 0 Å². The highest BCUT2D eigenvalue weighted by Gasteiger charge is 2.26. The lowest BCUT2D eigenvalue weighted by molar-refractivity contribution is -0.139. The van der Waals surface area contributed by atoms with E-state index in [0.717, 1.165) is 18.4 Å². The summed E-state index contributed by atoms with van der Waals surface area (Å²) in [5.41, 5.74) is 3.20. The molecule has 1 saturated carbocycles. The van der Waals surface area contributed by atoms with Gasteiger partial charge in [-0.3, -0.25) is 15.4 Å². The molecule has 1 aliphatic carbocycles. The monoisotopic (exact) mass is 320 g/mol. The number of hydrogen-bond donors (Lipinski definition) is 3. The third-order valence-corrected chi connectivity index (χ3v) is 4.13. The molecule has 1 aromatic rings. The fourth-order valence-electron chi connectivity index (χ4n) is 2.48. The molecule has 1 aliphatic rings. The molecule has 2 atom stereocenters. The molecule has 128 valence electrons. The zero-order valence-electron chi connectivity index (χ0n) is 13.8. The van der Waals surface area contributed by atoms with Gasteiger partial charge in [-0.05, 0) is 24.8 Å². The SMILES string of the molecule is CCCCCC1CCC1=O.NNC(Cc1ccccc1)C(=O)O. The highest BCUT2D eigenvalue weighted by Crippen LogP contribution is 2.27. The van der Waals surface area contributed by atoms with Crippen LogP contribution >= 0.6 is 0 Å². The average molecular weight is 320 g/mol. The number of ketones is 1. The summed E-state index contributed by atoms with van der Waals surface area (Å²) in [7, 11) is 0. The molecule has 0 amide bonds. The zero-order valence-corrected chi connectivity index (χ0v) is 13.8. The highest BCUT2D eigenvalue weighted by molar-refractivity contribution is 5.86. The molecule has 1 aromatic carbocycles. The second-order valence-electron chi connectivity index (χ2n) is 5.94. The van der Waals surface area contributed by atoms with Crippen LogP contribution in [0.15, 0.2) is 30.3 Å². The van der Waals surface area contributed by atoms with Crippen molar-refractivity contribution in [3.05, 3.63) is 35.9 Å². The number of carbonyl (C=O) groups is 2. The van der Waals surface area contributed by atoms with Gasteiger partial charge in [-0.25, -0.2) is 5.43 Å². The van der Waals surface area contributed by atoms with Gasteiger partial charge in [0, 0.05) is 12.3 Å². The molecule has 0 spiro atoms. The Hall–Kier alpha value is -1.72. The lowest BCUT2D eigenvalue weighted by Crippen LogP contribution is -2.42. The first kappa shape index (κ1) is 19.3. The van der Waals surface area contributed by atoms with E-state index in [0.29, 0.717) is 18.1 Å². The number of nitrogens with two attached hydrogens (primary N) is 1. The van der Waals surface area contributed by atoms with Crippen LogP contribution < -0.4 is 11.3 Å². The fourth-order valence-corrected chi connectivity index (χ4v) is 2.48. The molecule has 5 nitrogen and oxygen atoms in total. The van der Waals surface area contributed by atoms with Crippen molar-refractivity contribution in [2.45, 2.75) is 57.9 Å². The molecule has 2 unspecified atom stereocenters. The summed E-state index contributed by atoms with van der Waals surface area (Å²) in [5.74, 6) is 5.13. The minimum atomic E-state index is -0.939. The molecule has 0 aliphatic heterocycles. The van der Waals surface area contributed by atoms with Crippen molar-refractivity contribution in [3.63, 3.8) is 0 Å². The molecule has 23 heavy (non-hydrogen) atoms. The maximum absolute atomic E-state index is 10.8. The predicted octanol–water partition coefficient (Wildman–Crippen LogP) is 2.69. The number of hydrogen-bond acceptors (Lipinski definition) is 4. The van der Waals surface area contributed by atoms with Gasteiger partial charge in [0.15, 0.2) is 0 Å². The van der Waals surface area contributed by atoms with Gasteiger partial charge in [0.25, 0.3) is 0 Å². The van der Waals surface area contributed by atoms with Gasteiger partial charge in [-0.1, -0.05) is 56.5 Å². The van der Waals surface area contributed by atoms with E-state index < -0.39 is 12.0 Å². The van der Waals surface area contributed by atoms with Crippen LogP contribution in [0.5, 0.6) is 0 Å². The molecule has 0 radical (unpaired) electrons. The Balaban J connectivity index is 0.000000238. The van der Waals surface area contributed by atoms with Crippen LogP contribution in [0, 0.1) is 5.92 Å². The second kappa shape index (κ2) is 10.9. The summed E-state index contributed by atoms with van der Waals surface area (Å²) in [6, 6.07) is 8.63. The summed E-state index contributed by atoms with van der Waals surface area (Å²) in [5, 5.41) is 8.69. The molecule has 0 aromatic heterocycles. The predicted molar refractivity (Wildman–Crippen MR) is 90.8 cm³/mol. The third kappa shape index (κ3) is 7.39. The molecule has 0 bridgehead atoms. The van der Waals surface area contributed by atoms with E-state index >= 15 is 0 Å². The Morgan fingerprint density at radius 3 is 2.48 bits per heavy atom. The fraction of sp³-hybridized carbons (Fsp3) is 0.556. The number of hydrazine groups is 1. The van der Waals surface area contributed by atoms with Crippen LogP contribution in [-0.2, 0) is 16.0 Å². The van der Waals surface area contributed by atoms with Crippen molar-refractivity contribution in [1.29, 1.82) is 0 Å². The molecule has 2 rings (SSSR count). The molecular formula is C18H28N2O3. The second-order valence-corrected chi connectivity index (χ2v) is 5.94. The van der Waals surface area contributed by atoms with Gasteiger partial charge < -0.3 is 5.11 Å². The number of benzene rings is 1. The van der Waals surface area contributed by atoms with E-state index in [1.54, 1.807) is 0 Å². The van der Waals surface area contributed by atoms with E-state index in [1.165, 1.54) is 25.7 Å². The van der Waals surface area contributed by atoms with Crippen molar-refractivity contribution < 1.29 is 14.7 Å². The molecular weight excluding hydrogens is 292 g/mol. The maximum atomic E-state index is 10.8. The van der Waals surface area contributed by atoms with Gasteiger partial charge >= 0.3 is 5.97 Å². The van der Waals surface area contributed by atoms with Crippen LogP contribution in [0.3, 0.4) is 0 Å². The number of carboxylic acid groups (broad SMARTS) is 1. The number of rotatable bonds is 8. The minimum absolute atomic E-state index is 0.396. The van der Waals surface area contributed by atoms with Crippen molar-refractivity contribution in [2.24, 2.45) is 11.8 Å². The van der Waals surface area contributed by atoms with E-state index in [9.17, 15) is 9.59 Å². The zero-order chi connectivity index (χ0) is 17.1. The number of carboxylic acids is 1. The van der Waals surface area contributed by atoms with Crippen LogP contribution in [-0.4, -0.2) is 22.9 Å². The first-order valence-electron chi connectivity index (χ1n) is 8.34. The summed E-state index contributed by atoms with van der Waals surface area (Å²) in [6.45, 7) is 2.20. The van der Waals surface area contributed by atoms with Crippen molar-refractivity contribution in [1.82, 2.24) is 5.43 Å². The Morgan fingerprint density at radius 1 is 1.35 bits per heavy atom. The van der Waals surface area contributed by atoms with Crippen molar-refractivity contribution >= 4 is 11.8 Å². The number of nitrogens with one attached hydrogen (secondary N) is 1. The first-order valence-corrected chi connectivity index (χ1v) is 8.34. The molecule has 5 heteroatoms. The standard InChI is InChI=1S/C9H12N2O2.C9H16O/c10-11-8(9(12)13)6-7-4-2-1-3-5-7;1-2-3-4-5-8-6-7-9(8)10/h1-5,8,11H,6,10H2,(H,12,13);8H,2-7H2,1H3. The third-order valence-electron chi connectivity index (χ3n) is 4.13. The Bertz CT molecular complexity index is 476. The smallest absolute Gasteiger partial charge is 0.322 e. The van der Waals surface area contributed by atoms with Crippen LogP contribution in [0.1, 0.15) is 51.0 Å². The van der Waals surface area contributed by atoms with Crippen LogP contribution in [0.4, 0.5) is 0 Å². The molecule has 0 heterocycles. The number of aliphatic carboxylic acids is 1. The van der Waals surface area contributed by atoms with E-state index in [1.807, 2.05) is 30.3 Å². The summed E-state index contributed by atoms with van der Waals surface area (Å²) in [6.07, 6.45) is 7.40. The van der Waals surface area contributed by atoms with Gasteiger partial charge in [0.05, 0.1) is 0 Å². The summed E-state index contributed by atoms with van der Waals surface area (Å²) < 4.78 is 0. The number of Topliss-reactive ketones (excluding diaryl/α,β-unsaturated/α-hetero) is 1. The highest BCUT2D eigenvalue weighted by atomic mass is 16.4. The molecule has 0 saturated heterocycles. The Labute approximate surface area is 138 Å². The number of unbranched alkanes of at least 4 members (excludes halogenated alkanes) is 2. The minimum Gasteiger partial charge on any atom is -0.480 e. The van der Waals surface area contributed by atoms with E-state index in [4.69, 9.17) is 10.9 Å². The molecule has 4 N–H and O–H groups in total. The van der Waals surface area contributed by atoms with Crippen LogP contribution in [0.25, 0.3) is 0 Å². The van der Waals surface area contributed by atoms with Gasteiger partial charge in [-0.15, -0.1) is 0 Å². The van der Waals surface area contributed by atoms with Gasteiger partial charge in [-0.2, -0.15) is 0 Å². The Morgan fingerprint density at radius 2 is 2.04 bits per heavy atom. The van der Waals surface area contributed by atoms with E-state index in [2.05, 4.69) is 12.3 Å². The Kier molecular flexibility index (Phi) is 9.17. The van der Waals surface area contributed by atoms with Crippen molar-refractivity contribution in [3.8, 4) is 0 Å². The van der Waals surface area contributed by atoms with Gasteiger partial charge in [0.2, 0.25) is 0 Å². The lowest BCUT2D eigenvalue weighted by atomic mass is 9.80. The van der Waals surface area contributed by atoms with Crippen LogP contribution in [0.2, 0.25) is 0 Å². The lowest BCUT2D eigenvalue weighted by Gasteiger charge is -2.23.